The minimum absolute atomic E-state index is 0.0167. The maximum absolute atomic E-state index is 13.4. The molecular weight excluding hydrogens is 350 g/mol. The Balaban J connectivity index is 1.36. The number of piperazine rings is 1. The summed E-state index contributed by atoms with van der Waals surface area (Å²) < 4.78 is 0. The molecule has 1 aromatic carbocycles. The van der Waals surface area contributed by atoms with Crippen LogP contribution in [0.5, 0.6) is 0 Å². The van der Waals surface area contributed by atoms with Gasteiger partial charge in [-0.05, 0) is 31.4 Å². The molecule has 1 atom stereocenters. The Hall–Kier alpha value is -2.02. The zero-order valence-corrected chi connectivity index (χ0v) is 15.3. The van der Waals surface area contributed by atoms with Crippen LogP contribution < -0.4 is 4.90 Å². The third-order valence-electron chi connectivity index (χ3n) is 5.81. The van der Waals surface area contributed by atoms with Crippen LogP contribution >= 0.6 is 11.8 Å². The number of amides is 3. The molecule has 26 heavy (non-hydrogen) atoms. The molecule has 7 heteroatoms. The van der Waals surface area contributed by atoms with Gasteiger partial charge in [0.25, 0.3) is 5.91 Å². The summed E-state index contributed by atoms with van der Waals surface area (Å²) in [6.45, 7) is 2.31. The zero-order valence-electron chi connectivity index (χ0n) is 14.5. The number of para-hydroxylation sites is 1. The lowest BCUT2D eigenvalue weighted by Crippen LogP contribution is -2.59. The highest BCUT2D eigenvalue weighted by Crippen LogP contribution is 2.56. The van der Waals surface area contributed by atoms with Gasteiger partial charge in [0, 0.05) is 43.4 Å². The van der Waals surface area contributed by atoms with Gasteiger partial charge in [0.05, 0.1) is 5.69 Å². The first kappa shape index (κ1) is 16.2. The predicted octanol–water partition coefficient (Wildman–Crippen LogP) is 1.70. The van der Waals surface area contributed by atoms with Crippen molar-refractivity contribution in [2.45, 2.75) is 35.4 Å². The first-order chi connectivity index (χ1) is 12.6. The molecule has 0 radical (unpaired) electrons. The van der Waals surface area contributed by atoms with Gasteiger partial charge in [-0.25, -0.2) is 0 Å². The number of rotatable bonds is 2. The fourth-order valence-corrected chi connectivity index (χ4v) is 5.74. The molecule has 6 nitrogen and oxygen atoms in total. The number of anilines is 1. The van der Waals surface area contributed by atoms with E-state index in [9.17, 15) is 14.4 Å². The molecule has 0 bridgehead atoms. The Morgan fingerprint density at radius 1 is 1.04 bits per heavy atom. The Bertz CT molecular complexity index is 801. The molecule has 3 fully saturated rings. The third kappa shape index (κ3) is 2.29. The normalized spacial score (nSPS) is 27.5. The fraction of sp³-hybridized carbons (Fsp3) is 0.526. The molecule has 0 unspecified atom stereocenters. The van der Waals surface area contributed by atoms with Crippen molar-refractivity contribution in [3.63, 3.8) is 0 Å². The Morgan fingerprint density at radius 2 is 1.73 bits per heavy atom. The van der Waals surface area contributed by atoms with Crippen molar-refractivity contribution in [2.24, 2.45) is 5.92 Å². The maximum Gasteiger partial charge on any atom is 0.259 e. The van der Waals surface area contributed by atoms with Crippen LogP contribution in [0.1, 0.15) is 25.7 Å². The van der Waals surface area contributed by atoms with Crippen LogP contribution in [0.2, 0.25) is 0 Å². The summed E-state index contributed by atoms with van der Waals surface area (Å²) in [5, 5.41) is 0. The average Bonchev–Trinajstić information content (AvgIpc) is 3.39. The molecule has 0 spiro atoms. The minimum Gasteiger partial charge on any atom is -0.339 e. The predicted molar refractivity (Wildman–Crippen MR) is 97.6 cm³/mol. The Labute approximate surface area is 156 Å². The monoisotopic (exact) mass is 371 g/mol. The highest BCUT2D eigenvalue weighted by molar-refractivity contribution is 8.02. The van der Waals surface area contributed by atoms with Crippen molar-refractivity contribution in [1.82, 2.24) is 9.80 Å². The zero-order chi connectivity index (χ0) is 17.9. The van der Waals surface area contributed by atoms with Crippen molar-refractivity contribution in [3.05, 3.63) is 24.3 Å². The molecule has 4 aliphatic rings. The summed E-state index contributed by atoms with van der Waals surface area (Å²) >= 11 is 1.52. The van der Waals surface area contributed by atoms with Crippen molar-refractivity contribution >= 4 is 35.2 Å². The lowest BCUT2D eigenvalue weighted by Gasteiger charge is -2.40. The summed E-state index contributed by atoms with van der Waals surface area (Å²) in [4.78, 5) is 43.8. The summed E-state index contributed by atoms with van der Waals surface area (Å²) in [5.74, 6) is 0.510. The number of fused-ring (bicyclic) bond motifs is 3. The van der Waals surface area contributed by atoms with Crippen LogP contribution in [0, 0.1) is 5.92 Å². The van der Waals surface area contributed by atoms with Crippen molar-refractivity contribution < 1.29 is 14.4 Å². The van der Waals surface area contributed by atoms with Crippen LogP contribution in [0.4, 0.5) is 5.69 Å². The van der Waals surface area contributed by atoms with Gasteiger partial charge < -0.3 is 9.80 Å². The van der Waals surface area contributed by atoms with Gasteiger partial charge in [-0.3, -0.25) is 19.3 Å². The van der Waals surface area contributed by atoms with E-state index in [1.807, 2.05) is 34.1 Å². The second kappa shape index (κ2) is 5.74. The number of benzene rings is 1. The van der Waals surface area contributed by atoms with E-state index in [-0.39, 0.29) is 23.6 Å². The first-order valence-electron chi connectivity index (χ1n) is 9.29. The largest absolute Gasteiger partial charge is 0.339 e. The Morgan fingerprint density at radius 3 is 2.46 bits per heavy atom. The molecule has 0 aromatic heterocycles. The molecular formula is C19H21N3O3S. The van der Waals surface area contributed by atoms with E-state index in [2.05, 4.69) is 0 Å². The smallest absolute Gasteiger partial charge is 0.259 e. The molecule has 3 aliphatic heterocycles. The molecule has 2 saturated heterocycles. The highest BCUT2D eigenvalue weighted by Gasteiger charge is 2.58. The van der Waals surface area contributed by atoms with Gasteiger partial charge >= 0.3 is 0 Å². The summed E-state index contributed by atoms with van der Waals surface area (Å²) in [7, 11) is 0. The minimum atomic E-state index is -0.830. The van der Waals surface area contributed by atoms with E-state index in [0.29, 0.717) is 39.0 Å². The van der Waals surface area contributed by atoms with Gasteiger partial charge in [0.2, 0.25) is 11.8 Å². The van der Waals surface area contributed by atoms with Crippen LogP contribution in [0.3, 0.4) is 0 Å². The van der Waals surface area contributed by atoms with Gasteiger partial charge in [-0.2, -0.15) is 0 Å². The summed E-state index contributed by atoms with van der Waals surface area (Å²) in [6, 6.07) is 7.76. The van der Waals surface area contributed by atoms with Crippen molar-refractivity contribution in [1.29, 1.82) is 0 Å². The van der Waals surface area contributed by atoms with Crippen molar-refractivity contribution in [3.8, 4) is 0 Å². The highest BCUT2D eigenvalue weighted by atomic mass is 32.2. The molecule has 3 heterocycles. The average molecular weight is 371 g/mol. The number of nitrogens with zero attached hydrogens (tertiary/aromatic N) is 3. The molecule has 1 aromatic rings. The molecule has 136 valence electrons. The quantitative estimate of drug-likeness (QED) is 0.794. The van der Waals surface area contributed by atoms with Gasteiger partial charge in [-0.1, -0.05) is 23.9 Å². The van der Waals surface area contributed by atoms with E-state index >= 15 is 0 Å². The maximum atomic E-state index is 13.4. The molecule has 5 rings (SSSR count). The van der Waals surface area contributed by atoms with E-state index in [1.165, 1.54) is 11.8 Å². The topological polar surface area (TPSA) is 60.9 Å². The third-order valence-corrected chi connectivity index (χ3v) is 7.28. The van der Waals surface area contributed by atoms with Gasteiger partial charge in [-0.15, -0.1) is 0 Å². The van der Waals surface area contributed by atoms with Gasteiger partial charge in [0.1, 0.15) is 0 Å². The van der Waals surface area contributed by atoms with Gasteiger partial charge in [0.15, 0.2) is 4.87 Å². The molecule has 3 amide bonds. The number of hydrogen-bond acceptors (Lipinski definition) is 4. The molecule has 1 saturated carbocycles. The van der Waals surface area contributed by atoms with Crippen LogP contribution in [0.25, 0.3) is 0 Å². The SMILES string of the molecule is O=C(C1CC1)N1CCN(C(=O)[C@]23CCC(=O)N2c2ccccc2S3)CC1. The van der Waals surface area contributed by atoms with Crippen molar-refractivity contribution in [2.75, 3.05) is 31.1 Å². The molecule has 1 aliphatic carbocycles. The van der Waals surface area contributed by atoms with E-state index in [0.717, 1.165) is 23.4 Å². The Kier molecular flexibility index (Phi) is 3.57. The second-order valence-corrected chi connectivity index (χ2v) is 8.79. The number of hydrogen-bond donors (Lipinski definition) is 0. The molecule has 0 N–H and O–H groups in total. The summed E-state index contributed by atoms with van der Waals surface area (Å²) in [5.41, 5.74) is 0.857. The first-order valence-corrected chi connectivity index (χ1v) is 10.1. The number of thioether (sulfide) groups is 1. The lowest BCUT2D eigenvalue weighted by molar-refractivity contribution is -0.141. The summed E-state index contributed by atoms with van der Waals surface area (Å²) in [6.07, 6.45) is 2.97. The fourth-order valence-electron chi connectivity index (χ4n) is 4.25. The van der Waals surface area contributed by atoms with E-state index in [1.54, 1.807) is 4.90 Å². The standard InChI is InChI=1S/C19H21N3O3S/c23-16-7-8-19(22(16)14-3-1-2-4-15(14)26-19)18(25)21-11-9-20(10-12-21)17(24)13-5-6-13/h1-4,13H,5-12H2/t19-/m1/s1. The number of carbonyl (C=O) groups excluding carboxylic acids is 3. The van der Waals surface area contributed by atoms with E-state index < -0.39 is 4.87 Å². The van der Waals surface area contributed by atoms with E-state index in [4.69, 9.17) is 0 Å². The number of carbonyl (C=O) groups is 3. The van der Waals surface area contributed by atoms with Crippen LogP contribution in [0.15, 0.2) is 29.2 Å². The van der Waals surface area contributed by atoms with Crippen LogP contribution in [-0.2, 0) is 14.4 Å². The lowest BCUT2D eigenvalue weighted by atomic mass is 10.1. The second-order valence-electron chi connectivity index (χ2n) is 7.48. The van der Waals surface area contributed by atoms with Crippen LogP contribution in [-0.4, -0.2) is 58.6 Å².